The Balaban J connectivity index is 1.54. The molecule has 0 radical (unpaired) electrons. The number of carbonyl (C=O) groups is 2. The highest BCUT2D eigenvalue weighted by molar-refractivity contribution is 8.15. The molecule has 140 valence electrons. The van der Waals surface area contributed by atoms with Gasteiger partial charge in [0.2, 0.25) is 11.8 Å². The fraction of sp³-hybridized carbons (Fsp3) is 0.211. The molecule has 6 nitrogen and oxygen atoms in total. The molecule has 0 aliphatic carbocycles. The van der Waals surface area contributed by atoms with Crippen LogP contribution in [0.25, 0.3) is 0 Å². The predicted octanol–water partition coefficient (Wildman–Crippen LogP) is 2.95. The first-order valence-corrected chi connectivity index (χ1v) is 9.12. The first-order chi connectivity index (χ1) is 13.0. The van der Waals surface area contributed by atoms with Crippen LogP contribution < -0.4 is 15.4 Å². The number of rotatable bonds is 6. The number of amidine groups is 1. The smallest absolute Gasteiger partial charge is 0.240 e. The number of benzene rings is 2. The number of thioether (sulfide) groups is 1. The first kappa shape index (κ1) is 18.9. The lowest BCUT2D eigenvalue weighted by Crippen LogP contribution is -2.28. The van der Waals surface area contributed by atoms with Crippen LogP contribution >= 0.6 is 11.8 Å². The maximum Gasteiger partial charge on any atom is 0.240 e. The van der Waals surface area contributed by atoms with E-state index in [2.05, 4.69) is 15.6 Å². The van der Waals surface area contributed by atoms with Crippen molar-refractivity contribution in [3.05, 3.63) is 59.9 Å². The average molecular weight is 387 g/mol. The summed E-state index contributed by atoms with van der Waals surface area (Å²) in [7, 11) is 1.55. The first-order valence-electron chi connectivity index (χ1n) is 8.24. The van der Waals surface area contributed by atoms with Gasteiger partial charge in [0, 0.05) is 18.2 Å². The van der Waals surface area contributed by atoms with Gasteiger partial charge in [-0.3, -0.25) is 14.6 Å². The maximum absolute atomic E-state index is 12.9. The third kappa shape index (κ3) is 5.30. The Labute approximate surface area is 160 Å². The van der Waals surface area contributed by atoms with Gasteiger partial charge >= 0.3 is 0 Å². The monoisotopic (exact) mass is 387 g/mol. The summed E-state index contributed by atoms with van der Waals surface area (Å²) in [4.78, 5) is 28.6. The van der Waals surface area contributed by atoms with Gasteiger partial charge in [0.25, 0.3) is 0 Å². The highest BCUT2D eigenvalue weighted by atomic mass is 32.2. The van der Waals surface area contributed by atoms with E-state index in [9.17, 15) is 14.0 Å². The summed E-state index contributed by atoms with van der Waals surface area (Å²) in [6.45, 7) is 0.325. The van der Waals surface area contributed by atoms with Gasteiger partial charge in [-0.2, -0.15) is 0 Å². The topological polar surface area (TPSA) is 79.8 Å². The van der Waals surface area contributed by atoms with E-state index >= 15 is 0 Å². The van der Waals surface area contributed by atoms with Crippen molar-refractivity contribution in [3.8, 4) is 5.75 Å². The summed E-state index contributed by atoms with van der Waals surface area (Å²) >= 11 is 1.22. The molecule has 0 spiro atoms. The second-order valence-electron chi connectivity index (χ2n) is 5.83. The largest absolute Gasteiger partial charge is 0.497 e. The molecule has 0 unspecified atom stereocenters. The van der Waals surface area contributed by atoms with Crippen LogP contribution in [0, 0.1) is 5.82 Å². The normalized spacial score (nSPS) is 17.6. The number of methoxy groups -OCH3 is 1. The molecule has 1 fully saturated rings. The number of hydrogen-bond acceptors (Lipinski definition) is 5. The summed E-state index contributed by atoms with van der Waals surface area (Å²) in [5.41, 5.74) is 1.44. The van der Waals surface area contributed by atoms with Gasteiger partial charge in [-0.25, -0.2) is 4.39 Å². The van der Waals surface area contributed by atoms with Gasteiger partial charge in [-0.1, -0.05) is 30.0 Å². The Kier molecular flexibility index (Phi) is 6.08. The Morgan fingerprint density at radius 3 is 2.81 bits per heavy atom. The molecule has 27 heavy (non-hydrogen) atoms. The van der Waals surface area contributed by atoms with Crippen molar-refractivity contribution in [1.29, 1.82) is 0 Å². The van der Waals surface area contributed by atoms with E-state index in [1.165, 1.54) is 23.9 Å². The molecule has 0 bridgehead atoms. The molecule has 8 heteroatoms. The van der Waals surface area contributed by atoms with E-state index in [4.69, 9.17) is 4.74 Å². The molecule has 2 aromatic carbocycles. The number of anilines is 1. The molecule has 0 aromatic heterocycles. The van der Waals surface area contributed by atoms with Crippen molar-refractivity contribution in [1.82, 2.24) is 5.32 Å². The lowest BCUT2D eigenvalue weighted by Gasteiger charge is -2.08. The Morgan fingerprint density at radius 1 is 1.30 bits per heavy atom. The quantitative estimate of drug-likeness (QED) is 0.799. The summed E-state index contributed by atoms with van der Waals surface area (Å²) in [5, 5.41) is 5.35. The standard InChI is InChI=1S/C19H18FN3O3S/c1-26-15-4-2-3-14(9-15)22-17(24)10-16-18(25)23-19(27-16)21-11-12-5-7-13(20)8-6-12/h2-9,16H,10-11H2,1H3,(H,22,24)(H,21,23,25)/t16-/m1/s1. The SMILES string of the molecule is COc1cccc(NC(=O)C[C@H]2SC(=NCc3ccc(F)cc3)NC2=O)c1. The van der Waals surface area contributed by atoms with Crippen LogP contribution in [0.2, 0.25) is 0 Å². The van der Waals surface area contributed by atoms with E-state index in [-0.39, 0.29) is 24.1 Å². The highest BCUT2D eigenvalue weighted by Gasteiger charge is 2.32. The zero-order valence-corrected chi connectivity index (χ0v) is 15.4. The van der Waals surface area contributed by atoms with Crippen molar-refractivity contribution < 1.29 is 18.7 Å². The zero-order valence-electron chi connectivity index (χ0n) is 14.6. The number of aliphatic imine (C=N–C) groups is 1. The van der Waals surface area contributed by atoms with Crippen LogP contribution in [-0.4, -0.2) is 29.3 Å². The third-order valence-corrected chi connectivity index (χ3v) is 4.94. The maximum atomic E-state index is 12.9. The third-order valence-electron chi connectivity index (χ3n) is 3.82. The van der Waals surface area contributed by atoms with Crippen molar-refractivity contribution in [2.45, 2.75) is 18.2 Å². The van der Waals surface area contributed by atoms with E-state index in [0.717, 1.165) is 5.56 Å². The van der Waals surface area contributed by atoms with Crippen molar-refractivity contribution in [3.63, 3.8) is 0 Å². The average Bonchev–Trinajstić information content (AvgIpc) is 3.00. The molecule has 1 saturated heterocycles. The van der Waals surface area contributed by atoms with Crippen molar-refractivity contribution in [2.75, 3.05) is 12.4 Å². The highest BCUT2D eigenvalue weighted by Crippen LogP contribution is 2.24. The number of amides is 2. The van der Waals surface area contributed by atoms with Gasteiger partial charge < -0.3 is 15.4 Å². The molecular formula is C19H18FN3O3S. The zero-order chi connectivity index (χ0) is 19.2. The van der Waals surface area contributed by atoms with Gasteiger partial charge in [0.05, 0.1) is 13.7 Å². The molecule has 0 saturated carbocycles. The minimum absolute atomic E-state index is 0.0310. The fourth-order valence-corrected chi connectivity index (χ4v) is 3.42. The van der Waals surface area contributed by atoms with Crippen molar-refractivity contribution >= 4 is 34.4 Å². The second kappa shape index (κ2) is 8.68. The molecule has 3 rings (SSSR count). The molecule has 1 aliphatic rings. The van der Waals surface area contributed by atoms with E-state index < -0.39 is 5.25 Å². The van der Waals surface area contributed by atoms with Crippen LogP contribution in [0.1, 0.15) is 12.0 Å². The molecule has 1 heterocycles. The number of hydrogen-bond donors (Lipinski definition) is 2. The summed E-state index contributed by atoms with van der Waals surface area (Å²) in [6, 6.07) is 13.0. The second-order valence-corrected chi connectivity index (χ2v) is 7.02. The van der Waals surface area contributed by atoms with Gasteiger partial charge in [-0.15, -0.1) is 0 Å². The molecule has 1 aliphatic heterocycles. The summed E-state index contributed by atoms with van der Waals surface area (Å²) in [6.07, 6.45) is 0.0310. The summed E-state index contributed by atoms with van der Waals surface area (Å²) in [5.74, 6) is -0.192. The fourth-order valence-electron chi connectivity index (χ4n) is 2.45. The van der Waals surface area contributed by atoms with Crippen molar-refractivity contribution in [2.24, 2.45) is 4.99 Å². The predicted molar refractivity (Wildman–Crippen MR) is 103 cm³/mol. The Hall–Kier alpha value is -2.87. The number of carbonyl (C=O) groups excluding carboxylic acids is 2. The Bertz CT molecular complexity index is 871. The van der Waals surface area contributed by atoms with E-state index in [1.807, 2.05) is 0 Å². The number of ether oxygens (including phenoxy) is 1. The van der Waals surface area contributed by atoms with Crippen LogP contribution in [-0.2, 0) is 16.1 Å². The molecule has 2 N–H and O–H groups in total. The molecule has 1 atom stereocenters. The van der Waals surface area contributed by atoms with E-state index in [1.54, 1.807) is 43.5 Å². The van der Waals surface area contributed by atoms with Gasteiger partial charge in [0.1, 0.15) is 16.8 Å². The Morgan fingerprint density at radius 2 is 2.07 bits per heavy atom. The number of halogens is 1. The van der Waals surface area contributed by atoms with Crippen LogP contribution in [0.5, 0.6) is 5.75 Å². The summed E-state index contributed by atoms with van der Waals surface area (Å²) < 4.78 is 18.0. The lowest BCUT2D eigenvalue weighted by atomic mass is 10.2. The van der Waals surface area contributed by atoms with E-state index in [0.29, 0.717) is 23.1 Å². The van der Waals surface area contributed by atoms with Crippen LogP contribution in [0.15, 0.2) is 53.5 Å². The molecule has 2 amide bonds. The molecular weight excluding hydrogens is 369 g/mol. The number of nitrogens with zero attached hydrogens (tertiary/aromatic N) is 1. The minimum Gasteiger partial charge on any atom is -0.497 e. The van der Waals surface area contributed by atoms with Gasteiger partial charge in [0.15, 0.2) is 5.17 Å². The van der Waals surface area contributed by atoms with Gasteiger partial charge in [-0.05, 0) is 29.8 Å². The molecule has 2 aromatic rings. The van der Waals surface area contributed by atoms with Crippen LogP contribution in [0.4, 0.5) is 10.1 Å². The van der Waals surface area contributed by atoms with Crippen LogP contribution in [0.3, 0.4) is 0 Å². The number of nitrogens with one attached hydrogen (secondary N) is 2. The lowest BCUT2D eigenvalue weighted by molar-refractivity contribution is -0.122. The minimum atomic E-state index is -0.539.